The number of sulfonamides is 1. The molecular weight excluding hydrogens is 324 g/mol. The second-order valence-electron chi connectivity index (χ2n) is 5.74. The molecule has 1 saturated heterocycles. The van der Waals surface area contributed by atoms with Crippen molar-refractivity contribution in [3.8, 4) is 11.1 Å². The minimum absolute atomic E-state index is 0.296. The average molecular weight is 346 g/mol. The van der Waals surface area contributed by atoms with Crippen LogP contribution in [-0.2, 0) is 14.8 Å². The van der Waals surface area contributed by atoms with E-state index in [1.165, 1.54) is 0 Å². The maximum absolute atomic E-state index is 12.4. The molecule has 0 radical (unpaired) electrons. The van der Waals surface area contributed by atoms with Crippen LogP contribution in [0, 0.1) is 0 Å². The van der Waals surface area contributed by atoms with Gasteiger partial charge in [0.15, 0.2) is 0 Å². The minimum atomic E-state index is -3.47. The molecule has 1 N–H and O–H groups in total. The maximum Gasteiger partial charge on any atom is 0.240 e. The number of ether oxygens (including phenoxy) is 1. The molecule has 0 bridgehead atoms. The van der Waals surface area contributed by atoms with Gasteiger partial charge in [0.25, 0.3) is 0 Å². The summed E-state index contributed by atoms with van der Waals surface area (Å²) in [5.74, 6) is 0. The lowest BCUT2D eigenvalue weighted by atomic mass is 10.1. The summed E-state index contributed by atoms with van der Waals surface area (Å²) in [6, 6.07) is 16.9. The summed E-state index contributed by atoms with van der Waals surface area (Å²) in [5, 5.41) is 0. The Bertz CT molecular complexity index is 740. The smallest absolute Gasteiger partial charge is 0.240 e. The summed E-state index contributed by atoms with van der Waals surface area (Å²) in [6.45, 7) is 4.25. The van der Waals surface area contributed by atoms with Crippen LogP contribution in [0.4, 0.5) is 0 Å². The second kappa shape index (κ2) is 7.90. The van der Waals surface area contributed by atoms with Crippen molar-refractivity contribution in [3.05, 3.63) is 54.6 Å². The van der Waals surface area contributed by atoms with Crippen LogP contribution in [0.1, 0.15) is 0 Å². The van der Waals surface area contributed by atoms with Gasteiger partial charge in [0.05, 0.1) is 18.1 Å². The van der Waals surface area contributed by atoms with Crippen LogP contribution < -0.4 is 4.72 Å². The lowest BCUT2D eigenvalue weighted by Gasteiger charge is -2.26. The molecule has 0 aromatic heterocycles. The molecule has 0 saturated carbocycles. The Morgan fingerprint density at radius 2 is 1.54 bits per heavy atom. The lowest BCUT2D eigenvalue weighted by Crippen LogP contribution is -2.41. The van der Waals surface area contributed by atoms with Gasteiger partial charge in [-0.2, -0.15) is 0 Å². The van der Waals surface area contributed by atoms with Crippen LogP contribution in [0.25, 0.3) is 11.1 Å². The largest absolute Gasteiger partial charge is 0.379 e. The second-order valence-corrected chi connectivity index (χ2v) is 7.51. The van der Waals surface area contributed by atoms with Gasteiger partial charge in [0.2, 0.25) is 10.0 Å². The minimum Gasteiger partial charge on any atom is -0.379 e. The van der Waals surface area contributed by atoms with Crippen molar-refractivity contribution in [1.82, 2.24) is 9.62 Å². The highest BCUT2D eigenvalue weighted by Crippen LogP contribution is 2.20. The molecule has 0 amide bonds. The van der Waals surface area contributed by atoms with Gasteiger partial charge in [-0.25, -0.2) is 13.1 Å². The number of hydrogen-bond donors (Lipinski definition) is 1. The predicted octanol–water partition coefficient (Wildman–Crippen LogP) is 1.96. The van der Waals surface area contributed by atoms with Crippen LogP contribution in [-0.4, -0.2) is 52.7 Å². The van der Waals surface area contributed by atoms with E-state index in [9.17, 15) is 8.42 Å². The Hall–Kier alpha value is -1.73. The fraction of sp³-hybridized carbons (Fsp3) is 0.333. The number of nitrogens with zero attached hydrogens (tertiary/aromatic N) is 1. The average Bonchev–Trinajstić information content (AvgIpc) is 2.63. The third kappa shape index (κ3) is 4.42. The molecule has 1 heterocycles. The molecule has 0 aliphatic carbocycles. The number of morpholine rings is 1. The van der Waals surface area contributed by atoms with Crippen molar-refractivity contribution in [2.75, 3.05) is 39.4 Å². The molecule has 1 fully saturated rings. The Morgan fingerprint density at radius 1 is 0.917 bits per heavy atom. The molecule has 2 aromatic carbocycles. The fourth-order valence-electron chi connectivity index (χ4n) is 2.70. The van der Waals surface area contributed by atoms with E-state index in [2.05, 4.69) is 9.62 Å². The summed E-state index contributed by atoms with van der Waals surface area (Å²) in [5.41, 5.74) is 2.07. The first kappa shape index (κ1) is 17.1. The van der Waals surface area contributed by atoms with Gasteiger partial charge in [-0.1, -0.05) is 42.5 Å². The summed E-state index contributed by atoms with van der Waals surface area (Å²) in [4.78, 5) is 2.49. The van der Waals surface area contributed by atoms with E-state index < -0.39 is 10.0 Å². The SMILES string of the molecule is O=S(=O)(NCCN1CCOCC1)c1ccc(-c2ccccc2)cc1. The first-order valence-corrected chi connectivity index (χ1v) is 9.59. The molecule has 1 aliphatic rings. The number of nitrogens with one attached hydrogen (secondary N) is 1. The molecule has 128 valence electrons. The molecule has 0 unspecified atom stereocenters. The van der Waals surface area contributed by atoms with Crippen molar-refractivity contribution in [2.45, 2.75) is 4.90 Å². The van der Waals surface area contributed by atoms with E-state index in [0.29, 0.717) is 31.2 Å². The van der Waals surface area contributed by atoms with Crippen LogP contribution >= 0.6 is 0 Å². The Labute approximate surface area is 143 Å². The zero-order valence-electron chi connectivity index (χ0n) is 13.5. The zero-order chi connectivity index (χ0) is 16.8. The molecule has 0 spiro atoms. The van der Waals surface area contributed by atoms with Crippen molar-refractivity contribution < 1.29 is 13.2 Å². The summed E-state index contributed by atoms with van der Waals surface area (Å²) in [6.07, 6.45) is 0. The maximum atomic E-state index is 12.4. The molecular formula is C18H22N2O3S. The van der Waals surface area contributed by atoms with Crippen molar-refractivity contribution in [2.24, 2.45) is 0 Å². The first-order chi connectivity index (χ1) is 11.6. The molecule has 1 aliphatic heterocycles. The molecule has 2 aromatic rings. The Morgan fingerprint density at radius 3 is 2.21 bits per heavy atom. The van der Waals surface area contributed by atoms with Crippen molar-refractivity contribution in [3.63, 3.8) is 0 Å². The normalized spacial score (nSPS) is 16.2. The highest BCUT2D eigenvalue weighted by Gasteiger charge is 2.15. The van der Waals surface area contributed by atoms with Crippen LogP contribution in [0.3, 0.4) is 0 Å². The predicted molar refractivity (Wildman–Crippen MR) is 94.3 cm³/mol. The van der Waals surface area contributed by atoms with E-state index in [1.807, 2.05) is 42.5 Å². The molecule has 3 rings (SSSR count). The summed E-state index contributed by atoms with van der Waals surface area (Å²) >= 11 is 0. The van der Waals surface area contributed by atoms with Gasteiger partial charge in [0.1, 0.15) is 0 Å². The highest BCUT2D eigenvalue weighted by atomic mass is 32.2. The lowest BCUT2D eigenvalue weighted by molar-refractivity contribution is 0.0390. The van der Waals surface area contributed by atoms with Crippen LogP contribution in [0.5, 0.6) is 0 Å². The highest BCUT2D eigenvalue weighted by molar-refractivity contribution is 7.89. The Kier molecular flexibility index (Phi) is 5.63. The quantitative estimate of drug-likeness (QED) is 0.869. The topological polar surface area (TPSA) is 58.6 Å². The van der Waals surface area contributed by atoms with Crippen LogP contribution in [0.2, 0.25) is 0 Å². The van der Waals surface area contributed by atoms with Gasteiger partial charge in [-0.05, 0) is 23.3 Å². The molecule has 24 heavy (non-hydrogen) atoms. The Balaban J connectivity index is 1.60. The van der Waals surface area contributed by atoms with E-state index in [1.54, 1.807) is 12.1 Å². The van der Waals surface area contributed by atoms with E-state index >= 15 is 0 Å². The first-order valence-electron chi connectivity index (χ1n) is 8.10. The standard InChI is InChI=1S/C18H22N2O3S/c21-24(22,19-10-11-20-12-14-23-15-13-20)18-8-6-17(7-9-18)16-4-2-1-3-5-16/h1-9,19H,10-15H2. The van der Waals surface area contributed by atoms with E-state index in [-0.39, 0.29) is 0 Å². The van der Waals surface area contributed by atoms with Gasteiger partial charge >= 0.3 is 0 Å². The summed E-state index contributed by atoms with van der Waals surface area (Å²) < 4.78 is 32.7. The van der Waals surface area contributed by atoms with Gasteiger partial charge in [0, 0.05) is 26.2 Å². The van der Waals surface area contributed by atoms with E-state index in [4.69, 9.17) is 4.74 Å². The fourth-order valence-corrected chi connectivity index (χ4v) is 3.72. The van der Waals surface area contributed by atoms with Gasteiger partial charge in [-0.3, -0.25) is 4.90 Å². The molecule has 0 atom stereocenters. The van der Waals surface area contributed by atoms with Crippen molar-refractivity contribution >= 4 is 10.0 Å². The number of rotatable bonds is 6. The summed E-state index contributed by atoms with van der Waals surface area (Å²) in [7, 11) is -3.47. The van der Waals surface area contributed by atoms with E-state index in [0.717, 1.165) is 24.2 Å². The monoisotopic (exact) mass is 346 g/mol. The number of hydrogen-bond acceptors (Lipinski definition) is 4. The third-order valence-corrected chi connectivity index (χ3v) is 5.57. The zero-order valence-corrected chi connectivity index (χ0v) is 14.3. The molecule has 5 nitrogen and oxygen atoms in total. The van der Waals surface area contributed by atoms with Gasteiger partial charge in [-0.15, -0.1) is 0 Å². The molecule has 6 heteroatoms. The third-order valence-electron chi connectivity index (χ3n) is 4.10. The number of benzene rings is 2. The van der Waals surface area contributed by atoms with Gasteiger partial charge < -0.3 is 4.74 Å². The van der Waals surface area contributed by atoms with Crippen LogP contribution in [0.15, 0.2) is 59.5 Å². The van der Waals surface area contributed by atoms with Crippen molar-refractivity contribution in [1.29, 1.82) is 0 Å².